The Morgan fingerprint density at radius 3 is 2.79 bits per heavy atom. The first-order valence-corrected chi connectivity index (χ1v) is 9.38. The Morgan fingerprint density at radius 2 is 2.14 bits per heavy atom. The molecule has 0 fully saturated rings. The van der Waals surface area contributed by atoms with Gasteiger partial charge in [-0.05, 0) is 55.4 Å². The van der Waals surface area contributed by atoms with Crippen molar-refractivity contribution in [2.24, 2.45) is 5.92 Å². The molecular formula is C20H22F3N3O3. The predicted molar refractivity (Wildman–Crippen MR) is 99.3 cm³/mol. The van der Waals surface area contributed by atoms with Crippen LogP contribution < -0.4 is 0 Å². The molecule has 29 heavy (non-hydrogen) atoms. The summed E-state index contributed by atoms with van der Waals surface area (Å²) in [6.45, 7) is 3.43. The monoisotopic (exact) mass is 409 g/mol. The van der Waals surface area contributed by atoms with E-state index in [1.54, 1.807) is 12.1 Å². The number of hydrogen-bond donors (Lipinski definition) is 1. The summed E-state index contributed by atoms with van der Waals surface area (Å²) in [6.07, 6.45) is -1.63. The van der Waals surface area contributed by atoms with Gasteiger partial charge in [-0.2, -0.15) is 18.3 Å². The van der Waals surface area contributed by atoms with E-state index in [4.69, 9.17) is 4.74 Å². The van der Waals surface area contributed by atoms with Crippen LogP contribution in [-0.4, -0.2) is 39.1 Å². The Morgan fingerprint density at radius 1 is 1.38 bits per heavy atom. The summed E-state index contributed by atoms with van der Waals surface area (Å²) in [5.74, 6) is -0.765. The van der Waals surface area contributed by atoms with Gasteiger partial charge in [-0.25, -0.2) is 14.5 Å². The molecule has 0 amide bonds. The zero-order valence-electron chi connectivity index (χ0n) is 16.2. The van der Waals surface area contributed by atoms with E-state index in [1.807, 2.05) is 0 Å². The Labute approximate surface area is 166 Å². The highest BCUT2D eigenvalue weighted by Gasteiger charge is 2.41. The smallest absolute Gasteiger partial charge is 0.434 e. The van der Waals surface area contributed by atoms with Crippen LogP contribution in [0.1, 0.15) is 54.9 Å². The fraction of sp³-hybridized carbons (Fsp3) is 0.450. The fourth-order valence-corrected chi connectivity index (χ4v) is 3.49. The number of alkyl halides is 3. The molecule has 1 aliphatic rings. The van der Waals surface area contributed by atoms with Gasteiger partial charge in [0, 0.05) is 0 Å². The summed E-state index contributed by atoms with van der Waals surface area (Å²) in [5.41, 5.74) is 0.303. The molecule has 0 saturated heterocycles. The number of aliphatic hydroxyl groups excluding tert-OH is 1. The number of aromatic nitrogens is 3. The van der Waals surface area contributed by atoms with Crippen LogP contribution in [0.5, 0.6) is 0 Å². The van der Waals surface area contributed by atoms with E-state index in [1.165, 1.54) is 13.0 Å². The van der Waals surface area contributed by atoms with Crippen molar-refractivity contribution in [1.29, 1.82) is 0 Å². The van der Waals surface area contributed by atoms with Gasteiger partial charge in [0.05, 0.1) is 25.1 Å². The maximum Gasteiger partial charge on any atom is 0.434 e. The van der Waals surface area contributed by atoms with Crippen molar-refractivity contribution < 1.29 is 27.8 Å². The minimum atomic E-state index is -4.83. The highest BCUT2D eigenvalue weighted by atomic mass is 19.4. The lowest BCUT2D eigenvalue weighted by Crippen LogP contribution is -2.19. The van der Waals surface area contributed by atoms with Gasteiger partial charge in [0.1, 0.15) is 5.56 Å². The lowest BCUT2D eigenvalue weighted by molar-refractivity contribution is -0.143. The quantitative estimate of drug-likeness (QED) is 0.755. The molecule has 0 saturated carbocycles. The number of ether oxygens (including phenoxy) is 1. The number of carbonyl (C=O) groups excluding carboxylic acids is 1. The van der Waals surface area contributed by atoms with Crippen LogP contribution in [0.15, 0.2) is 30.0 Å². The Kier molecular flexibility index (Phi) is 6.07. The molecule has 0 aliphatic heterocycles. The third-order valence-electron chi connectivity index (χ3n) is 4.90. The standard InChI is InChI=1S/C20H22F3N3O3/c1-3-29-19(28)15-10-24-26(18(15)20(21,22)23)17-6-4-5-16(25-17)14-9-12(2)7-8-13(14)11-27/h4-6,10,12,27H,3,7-9,11H2,1-2H3. The summed E-state index contributed by atoms with van der Waals surface area (Å²) >= 11 is 0. The van der Waals surface area contributed by atoms with Crippen LogP contribution in [0.4, 0.5) is 13.2 Å². The highest BCUT2D eigenvalue weighted by Crippen LogP contribution is 2.36. The maximum atomic E-state index is 13.7. The van der Waals surface area contributed by atoms with Crippen molar-refractivity contribution in [3.8, 4) is 5.82 Å². The molecule has 0 bridgehead atoms. The number of hydrogen-bond acceptors (Lipinski definition) is 5. The molecule has 156 valence electrons. The van der Waals surface area contributed by atoms with Crippen LogP contribution in [0.3, 0.4) is 0 Å². The first-order chi connectivity index (χ1) is 13.8. The van der Waals surface area contributed by atoms with E-state index < -0.39 is 23.4 Å². The van der Waals surface area contributed by atoms with Crippen LogP contribution >= 0.6 is 0 Å². The van der Waals surface area contributed by atoms with Gasteiger partial charge < -0.3 is 9.84 Å². The number of nitrogens with zero attached hydrogens (tertiary/aromatic N) is 3. The average Bonchev–Trinajstić information content (AvgIpc) is 3.14. The minimum absolute atomic E-state index is 0.0503. The molecule has 1 atom stereocenters. The summed E-state index contributed by atoms with van der Waals surface area (Å²) in [5, 5.41) is 13.4. The molecule has 1 aliphatic carbocycles. The van der Waals surface area contributed by atoms with Gasteiger partial charge in [-0.1, -0.05) is 13.0 Å². The second kappa shape index (κ2) is 8.36. The van der Waals surface area contributed by atoms with Crippen LogP contribution in [0.25, 0.3) is 11.4 Å². The van der Waals surface area contributed by atoms with Gasteiger partial charge >= 0.3 is 12.1 Å². The van der Waals surface area contributed by atoms with Crippen molar-refractivity contribution in [1.82, 2.24) is 14.8 Å². The van der Waals surface area contributed by atoms with Crippen LogP contribution in [0, 0.1) is 5.92 Å². The molecule has 0 spiro atoms. The van der Waals surface area contributed by atoms with Crippen LogP contribution in [-0.2, 0) is 10.9 Å². The molecule has 0 radical (unpaired) electrons. The van der Waals surface area contributed by atoms with Crippen molar-refractivity contribution in [2.75, 3.05) is 13.2 Å². The van der Waals surface area contributed by atoms with E-state index in [0.29, 0.717) is 22.7 Å². The average molecular weight is 409 g/mol. The maximum absolute atomic E-state index is 13.7. The van der Waals surface area contributed by atoms with E-state index in [-0.39, 0.29) is 19.0 Å². The van der Waals surface area contributed by atoms with Gasteiger partial charge in [-0.15, -0.1) is 0 Å². The molecule has 3 rings (SSSR count). The van der Waals surface area contributed by atoms with E-state index in [2.05, 4.69) is 17.0 Å². The summed E-state index contributed by atoms with van der Waals surface area (Å²) < 4.78 is 46.5. The zero-order valence-corrected chi connectivity index (χ0v) is 16.2. The van der Waals surface area contributed by atoms with Crippen molar-refractivity contribution >= 4 is 11.5 Å². The Balaban J connectivity index is 2.10. The summed E-state index contributed by atoms with van der Waals surface area (Å²) in [7, 11) is 0. The van der Waals surface area contributed by atoms with Crippen molar-refractivity contribution in [3.05, 3.63) is 46.9 Å². The number of allylic oxidation sites excluding steroid dienone is 1. The molecular weight excluding hydrogens is 387 g/mol. The largest absolute Gasteiger partial charge is 0.462 e. The third kappa shape index (κ3) is 4.34. The topological polar surface area (TPSA) is 77.2 Å². The lowest BCUT2D eigenvalue weighted by atomic mass is 9.83. The van der Waals surface area contributed by atoms with Gasteiger partial charge in [0.2, 0.25) is 0 Å². The molecule has 1 N–H and O–H groups in total. The third-order valence-corrected chi connectivity index (χ3v) is 4.90. The van der Waals surface area contributed by atoms with Gasteiger partial charge in [0.15, 0.2) is 11.5 Å². The van der Waals surface area contributed by atoms with E-state index in [9.17, 15) is 23.1 Å². The van der Waals surface area contributed by atoms with E-state index in [0.717, 1.165) is 30.2 Å². The molecule has 2 heterocycles. The normalized spacial score (nSPS) is 17.5. The first kappa shape index (κ1) is 21.0. The molecule has 1 unspecified atom stereocenters. The zero-order chi connectivity index (χ0) is 21.2. The Bertz CT molecular complexity index is 935. The van der Waals surface area contributed by atoms with Crippen molar-refractivity contribution in [3.63, 3.8) is 0 Å². The number of carbonyl (C=O) groups is 1. The van der Waals surface area contributed by atoms with Gasteiger partial charge in [-0.3, -0.25) is 0 Å². The van der Waals surface area contributed by atoms with Crippen LogP contribution in [0.2, 0.25) is 0 Å². The van der Waals surface area contributed by atoms with E-state index >= 15 is 0 Å². The second-order valence-corrected chi connectivity index (χ2v) is 7.01. The molecule has 6 nitrogen and oxygen atoms in total. The lowest BCUT2D eigenvalue weighted by Gasteiger charge is -2.24. The first-order valence-electron chi connectivity index (χ1n) is 9.38. The number of halogens is 3. The number of pyridine rings is 1. The number of rotatable bonds is 5. The second-order valence-electron chi connectivity index (χ2n) is 7.01. The molecule has 9 heteroatoms. The molecule has 0 aromatic carbocycles. The number of aliphatic hydroxyl groups is 1. The Hall–Kier alpha value is -2.68. The molecule has 2 aromatic rings. The SMILES string of the molecule is CCOC(=O)c1cnn(-c2cccc(C3=C(CO)CCC(C)C3)n2)c1C(F)(F)F. The minimum Gasteiger partial charge on any atom is -0.462 e. The summed E-state index contributed by atoms with van der Waals surface area (Å²) in [4.78, 5) is 16.3. The van der Waals surface area contributed by atoms with Gasteiger partial charge in [0.25, 0.3) is 0 Å². The van der Waals surface area contributed by atoms with Crippen molar-refractivity contribution in [2.45, 2.75) is 39.3 Å². The predicted octanol–water partition coefficient (Wildman–Crippen LogP) is 4.03. The fourth-order valence-electron chi connectivity index (χ4n) is 3.49. The number of esters is 1. The molecule has 2 aromatic heterocycles. The highest BCUT2D eigenvalue weighted by molar-refractivity contribution is 5.90. The summed E-state index contributed by atoms with van der Waals surface area (Å²) in [6, 6.07) is 4.69.